The van der Waals surface area contributed by atoms with Gasteiger partial charge in [-0.05, 0) is 0 Å². The minimum Gasteiger partial charge on any atom is -0.465 e. The Bertz CT molecular complexity index is 722. The number of hydrogen-bond donors (Lipinski definition) is 0. The maximum Gasteiger partial charge on any atom is 0.460 e. The lowest BCUT2D eigenvalue weighted by Gasteiger charge is -2.42. The highest BCUT2D eigenvalue weighted by Crippen LogP contribution is 2.64. The van der Waals surface area contributed by atoms with Crippen LogP contribution in [0.25, 0.3) is 0 Å². The van der Waals surface area contributed by atoms with E-state index < -0.39 is 73.1 Å². The first-order valence-corrected chi connectivity index (χ1v) is 7.68. The zero-order chi connectivity index (χ0) is 27.1. The molecule has 0 aromatic rings. The van der Waals surface area contributed by atoms with Crippen molar-refractivity contribution in [1.29, 1.82) is 0 Å². The van der Waals surface area contributed by atoms with Crippen LogP contribution in [0.5, 0.6) is 0 Å². The van der Waals surface area contributed by atoms with E-state index in [4.69, 9.17) is 0 Å². The zero-order valence-electron chi connectivity index (χ0n) is 15.1. The normalized spacial score (nSPS) is 15.4. The minimum absolute atomic E-state index is 0.753. The van der Waals surface area contributed by atoms with Gasteiger partial charge >= 0.3 is 53.6 Å². The maximum atomic E-state index is 13.5. The molecule has 0 aliphatic carbocycles. The summed E-state index contributed by atoms with van der Waals surface area (Å²) in [6, 6.07) is 0. The van der Waals surface area contributed by atoms with Crippen molar-refractivity contribution in [1.82, 2.24) is 0 Å². The summed E-state index contributed by atoms with van der Waals surface area (Å²) in [5.41, 5.74) is 0. The molecule has 0 radical (unpaired) electrons. The number of rotatable bonds is 11. The highest BCUT2D eigenvalue weighted by molar-refractivity contribution is 5.70. The Morgan fingerprint density at radius 2 is 0.939 bits per heavy atom. The van der Waals surface area contributed by atoms with Crippen molar-refractivity contribution in [2.75, 3.05) is 6.61 Å². The van der Waals surface area contributed by atoms with Crippen molar-refractivity contribution >= 4 is 5.97 Å². The summed E-state index contributed by atoms with van der Waals surface area (Å²) in [6.07, 6.45) is -10.6. The molecule has 0 heterocycles. The van der Waals surface area contributed by atoms with Crippen LogP contribution in [-0.2, 0) is 9.53 Å². The molecule has 0 aromatic heterocycles. The monoisotopic (exact) mass is 532 g/mol. The van der Waals surface area contributed by atoms with Gasteiger partial charge in [0.25, 0.3) is 0 Å². The summed E-state index contributed by atoms with van der Waals surface area (Å²) in [4.78, 5) is 10.8. The summed E-state index contributed by atoms with van der Waals surface area (Å²) in [5, 5.41) is 0. The second kappa shape index (κ2) is 8.66. The first kappa shape index (κ1) is 31.0. The predicted molar refractivity (Wildman–Crippen MR) is 71.1 cm³/mol. The third kappa shape index (κ3) is 4.67. The van der Waals surface area contributed by atoms with Gasteiger partial charge in [-0.1, -0.05) is 6.08 Å². The van der Waals surface area contributed by atoms with Gasteiger partial charge in [-0.25, -0.2) is 0 Å². The van der Waals surface area contributed by atoms with Crippen molar-refractivity contribution in [3.63, 3.8) is 0 Å². The van der Waals surface area contributed by atoms with E-state index in [-0.39, 0.29) is 0 Å². The van der Waals surface area contributed by atoms with E-state index >= 15 is 0 Å². The fourth-order valence-corrected chi connectivity index (χ4v) is 1.82. The fourth-order valence-electron chi connectivity index (χ4n) is 1.82. The Labute approximate surface area is 171 Å². The minimum atomic E-state index is -8.67. The van der Waals surface area contributed by atoms with Crippen LogP contribution in [0.3, 0.4) is 0 Å². The maximum absolute atomic E-state index is 13.5. The van der Waals surface area contributed by atoms with Crippen LogP contribution in [0.1, 0.15) is 12.8 Å². The molecule has 0 N–H and O–H groups in total. The molecule has 0 aliphatic heterocycles. The number of carbonyl (C=O) groups is 1. The molecular weight excluding hydrogens is 523 g/mol. The topological polar surface area (TPSA) is 26.3 Å². The molecule has 0 unspecified atom stereocenters. The molecule has 0 aliphatic rings. The van der Waals surface area contributed by atoms with Crippen molar-refractivity contribution in [3.8, 4) is 0 Å². The average Bonchev–Trinajstić information content (AvgIpc) is 2.59. The summed E-state index contributed by atoms with van der Waals surface area (Å²) < 4.78 is 225. The Morgan fingerprint density at radius 1 is 0.606 bits per heavy atom. The first-order chi connectivity index (χ1) is 14.2. The lowest BCUT2D eigenvalue weighted by molar-refractivity contribution is -0.461. The van der Waals surface area contributed by atoms with Gasteiger partial charge in [-0.15, -0.1) is 6.58 Å². The standard InChI is InChI=1S/C14H9F17O2/c1-2-3-6(32)33-5-4-7(15,16)8(17,18)9(19,20)10(21,22)11(23,24)12(25,26)13(27,28)14(29,30)31/h2H,1,3-5H2. The molecule has 196 valence electrons. The molecule has 0 spiro atoms. The molecule has 19 heteroatoms. The Morgan fingerprint density at radius 3 is 1.27 bits per heavy atom. The van der Waals surface area contributed by atoms with E-state index in [1.165, 1.54) is 0 Å². The predicted octanol–water partition coefficient (Wildman–Crippen LogP) is 6.51. The molecular formula is C14H9F17O2. The molecule has 0 rings (SSSR count). The van der Waals surface area contributed by atoms with Crippen LogP contribution < -0.4 is 0 Å². The van der Waals surface area contributed by atoms with Crippen molar-refractivity contribution < 1.29 is 84.2 Å². The highest BCUT2D eigenvalue weighted by atomic mass is 19.4. The van der Waals surface area contributed by atoms with Crippen molar-refractivity contribution in [2.45, 2.75) is 60.5 Å². The molecule has 33 heavy (non-hydrogen) atoms. The third-order valence-corrected chi connectivity index (χ3v) is 3.78. The molecule has 0 saturated carbocycles. The Kier molecular flexibility index (Phi) is 8.14. The van der Waals surface area contributed by atoms with E-state index in [0.29, 0.717) is 0 Å². The van der Waals surface area contributed by atoms with Gasteiger partial charge in [-0.2, -0.15) is 74.6 Å². The number of hydrogen-bond acceptors (Lipinski definition) is 2. The number of alkyl halides is 17. The second-order valence-corrected chi connectivity index (χ2v) is 6.11. The largest absolute Gasteiger partial charge is 0.465 e. The molecule has 2 nitrogen and oxygen atoms in total. The van der Waals surface area contributed by atoms with Crippen LogP contribution >= 0.6 is 0 Å². The summed E-state index contributed by atoms with van der Waals surface area (Å²) in [7, 11) is 0. The van der Waals surface area contributed by atoms with Crippen LogP contribution in [0, 0.1) is 0 Å². The van der Waals surface area contributed by atoms with E-state index in [1.807, 2.05) is 0 Å². The Balaban J connectivity index is 6.31. The molecule has 0 saturated heterocycles. The van der Waals surface area contributed by atoms with Gasteiger partial charge in [0.1, 0.15) is 0 Å². The van der Waals surface area contributed by atoms with Gasteiger partial charge in [0, 0.05) is 0 Å². The fraction of sp³-hybridized carbons (Fsp3) is 0.786. The van der Waals surface area contributed by atoms with Crippen molar-refractivity contribution in [2.24, 2.45) is 0 Å². The van der Waals surface area contributed by atoms with E-state index in [9.17, 15) is 79.4 Å². The number of esters is 1. The van der Waals surface area contributed by atoms with Gasteiger partial charge in [0.2, 0.25) is 0 Å². The van der Waals surface area contributed by atoms with Gasteiger partial charge in [-0.3, -0.25) is 4.79 Å². The van der Waals surface area contributed by atoms with Crippen molar-refractivity contribution in [3.05, 3.63) is 12.7 Å². The van der Waals surface area contributed by atoms with Gasteiger partial charge < -0.3 is 4.74 Å². The average molecular weight is 532 g/mol. The summed E-state index contributed by atoms with van der Waals surface area (Å²) >= 11 is 0. The highest BCUT2D eigenvalue weighted by Gasteiger charge is 2.95. The first-order valence-electron chi connectivity index (χ1n) is 7.68. The number of ether oxygens (including phenoxy) is 1. The molecule has 0 aromatic carbocycles. The van der Waals surface area contributed by atoms with Crippen LogP contribution in [0.2, 0.25) is 0 Å². The van der Waals surface area contributed by atoms with Crippen LogP contribution in [0.15, 0.2) is 12.7 Å². The van der Waals surface area contributed by atoms with Crippen LogP contribution in [-0.4, -0.2) is 60.2 Å². The number of halogens is 17. The molecule has 0 atom stereocenters. The molecule has 0 fully saturated rings. The van der Waals surface area contributed by atoms with Gasteiger partial charge in [0.15, 0.2) is 0 Å². The van der Waals surface area contributed by atoms with E-state index in [2.05, 4.69) is 11.3 Å². The summed E-state index contributed by atoms with van der Waals surface area (Å²) in [5.74, 6) is -58.3. The molecule has 0 bridgehead atoms. The third-order valence-electron chi connectivity index (χ3n) is 3.78. The zero-order valence-corrected chi connectivity index (χ0v) is 15.1. The van der Waals surface area contributed by atoms with E-state index in [0.717, 1.165) is 6.08 Å². The second-order valence-electron chi connectivity index (χ2n) is 6.11. The van der Waals surface area contributed by atoms with E-state index in [1.54, 1.807) is 0 Å². The summed E-state index contributed by atoms with van der Waals surface area (Å²) in [6.45, 7) is 0.961. The molecule has 0 amide bonds. The number of carbonyl (C=O) groups excluding carboxylic acids is 1. The Hall–Kier alpha value is -1.98. The van der Waals surface area contributed by atoms with Gasteiger partial charge in [0.05, 0.1) is 19.4 Å². The lowest BCUT2D eigenvalue weighted by Crippen LogP contribution is -2.74. The van der Waals surface area contributed by atoms with Crippen LogP contribution in [0.4, 0.5) is 74.6 Å². The SMILES string of the molecule is C=CCC(=O)OCCC(F)(F)C(F)(F)C(F)(F)C(F)(F)C(F)(F)C(F)(F)C(F)(F)C(F)(F)F. The smallest absolute Gasteiger partial charge is 0.460 e. The quantitative estimate of drug-likeness (QED) is 0.173. The lowest BCUT2D eigenvalue weighted by atomic mass is 9.88.